The molecule has 0 saturated carbocycles. The van der Waals surface area contributed by atoms with Crippen LogP contribution in [0, 0.1) is 13.8 Å². The minimum Gasteiger partial charge on any atom is -0.454 e. The lowest BCUT2D eigenvalue weighted by atomic mass is 9.80. The molecule has 9 aromatic heterocycles. The number of para-hydroxylation sites is 3. The molecule has 684 valence electrons. The molecule has 0 amide bonds. The van der Waals surface area contributed by atoms with Crippen molar-refractivity contribution in [1.82, 2.24) is 53.6 Å². The van der Waals surface area contributed by atoms with Gasteiger partial charge >= 0.3 is 0 Å². The molecular weight excluding hydrogens is 1760 g/mol. The summed E-state index contributed by atoms with van der Waals surface area (Å²) in [6.45, 7) is 18.5. The lowest BCUT2D eigenvalue weighted by molar-refractivity contribution is 0.663. The number of nitrogens with zero attached hydrogens (tertiary/aromatic N) is 11. The minimum atomic E-state index is -0.213. The van der Waals surface area contributed by atoms with Gasteiger partial charge in [-0.1, -0.05) is 357 Å². The molecule has 0 aliphatic heterocycles. The van der Waals surface area contributed by atoms with Crippen molar-refractivity contribution in [2.45, 2.75) is 71.6 Å². The maximum absolute atomic E-state index is 6.69. The molecule has 3 aliphatic carbocycles. The van der Waals surface area contributed by atoms with Crippen molar-refractivity contribution in [3.05, 3.63) is 458 Å². The van der Waals surface area contributed by atoms with E-state index in [1.807, 2.05) is 128 Å². The van der Waals surface area contributed by atoms with Crippen molar-refractivity contribution in [3.8, 4) is 130 Å². The van der Waals surface area contributed by atoms with Gasteiger partial charge in [-0.2, -0.15) is 0 Å². The van der Waals surface area contributed by atoms with Crippen LogP contribution < -0.4 is 0 Å². The Morgan fingerprint density at radius 3 is 1.38 bits per heavy atom. The number of aryl methyl sites for hydroxylation is 1. The van der Waals surface area contributed by atoms with Gasteiger partial charge in [-0.15, -0.1) is 0 Å². The van der Waals surface area contributed by atoms with E-state index in [0.29, 0.717) is 34.9 Å². The van der Waals surface area contributed by atoms with Crippen molar-refractivity contribution < 1.29 is 8.83 Å². The predicted molar refractivity (Wildman–Crippen MR) is 589 cm³/mol. The molecule has 0 fully saturated rings. The van der Waals surface area contributed by atoms with Crippen molar-refractivity contribution >= 4 is 115 Å². The number of benzene rings is 17. The summed E-state index contributed by atoms with van der Waals surface area (Å²) in [5.74, 6) is 3.86. The largest absolute Gasteiger partial charge is 0.454 e. The van der Waals surface area contributed by atoms with Crippen molar-refractivity contribution in [2.24, 2.45) is 0 Å². The lowest BCUT2D eigenvalue weighted by Crippen LogP contribution is -2.16. The van der Waals surface area contributed by atoms with E-state index in [9.17, 15) is 0 Å². The Bertz CT molecular complexity index is 9710. The summed E-state index contributed by atoms with van der Waals surface area (Å²) >= 11 is 0. The number of hydrogen-bond acceptors (Lipinski definition) is 10. The highest BCUT2D eigenvalue weighted by Crippen LogP contribution is 2.58. The van der Waals surface area contributed by atoms with Crippen LogP contribution in [0.1, 0.15) is 86.2 Å². The van der Waals surface area contributed by atoms with Gasteiger partial charge in [0, 0.05) is 134 Å². The third-order valence-corrected chi connectivity index (χ3v) is 30.2. The van der Waals surface area contributed by atoms with Gasteiger partial charge in [0.15, 0.2) is 46.1 Å². The third-order valence-electron chi connectivity index (χ3n) is 30.2. The van der Waals surface area contributed by atoms with Gasteiger partial charge in [-0.25, -0.2) is 29.9 Å². The molecule has 26 aromatic rings. The summed E-state index contributed by atoms with van der Waals surface area (Å²) in [5, 5.41) is 11.7. The van der Waals surface area contributed by atoms with Crippen molar-refractivity contribution in [1.29, 1.82) is 0 Å². The third kappa shape index (κ3) is 13.4. The molecule has 0 bridgehead atoms. The Hall–Kier alpha value is -18.2. The monoisotopic (exact) mass is 1850 g/mol. The topological polar surface area (TPSA) is 144 Å². The molecular formula is C131H93N11O2. The van der Waals surface area contributed by atoms with Gasteiger partial charge in [0.2, 0.25) is 0 Å². The van der Waals surface area contributed by atoms with Crippen LogP contribution in [0.3, 0.4) is 0 Å². The van der Waals surface area contributed by atoms with E-state index < -0.39 is 0 Å². The predicted octanol–water partition coefficient (Wildman–Crippen LogP) is 33.2. The standard InChI is InChI=1S/C47H36N4.C44H30N4O.C40H27N3O/c1-46(2)27-26-29-22-25-38-39(40(29)46)36-24-23-35-34-20-11-12-21-37(34)47(3,4)41(35)42(36)51(38)33-19-13-18-32(28-33)45-49-43(30-14-7-5-8-15-30)48-44(50-45)31-16-9-6-10-17-31;1-44(2)35-22-11-9-20-31(35)32-24-25-34-38(37(32)44)48(39-33-21-10-12-23-36(33)49-40(34)39)30-19-13-18-29(26-30)43-46-41(27-14-5-3-6-15-27)45-42(47-43)28-16-7-4-8-17-28;1-24-25(2)43(29-12-4-3-5-13-29)39-34(24)22-35(40-37(39)33-18-20-41-23-36(33)44-40)32-15-7-10-27-21-28(16-17-30(27)32)31-14-6-9-26-11-8-19-42-38(26)31/h5-28H,1-4H3;3-26H,1-2H3;3-23H,1-2H3. The normalized spacial score (nSPS) is 13.4. The zero-order valence-electron chi connectivity index (χ0n) is 80.6. The molecule has 0 spiro atoms. The molecule has 0 unspecified atom stereocenters. The number of furan rings is 2. The van der Waals surface area contributed by atoms with Crippen molar-refractivity contribution in [3.63, 3.8) is 0 Å². The number of aromatic nitrogens is 11. The fraction of sp³-hybridized carbons (Fsp3) is 0.0840. The molecule has 0 saturated heterocycles. The molecule has 0 radical (unpaired) electrons. The number of fused-ring (bicyclic) bond motifs is 25. The first-order valence-corrected chi connectivity index (χ1v) is 49.3. The first-order valence-electron chi connectivity index (χ1n) is 49.3. The van der Waals surface area contributed by atoms with E-state index in [2.05, 4.69) is 365 Å². The molecule has 0 atom stereocenters. The highest BCUT2D eigenvalue weighted by Gasteiger charge is 2.42. The smallest absolute Gasteiger partial charge is 0.164 e. The van der Waals surface area contributed by atoms with Crippen LogP contribution in [0.25, 0.3) is 245 Å². The molecule has 3 aliphatic rings. The number of hydrogen-bond donors (Lipinski definition) is 0. The number of allylic oxidation sites excluding steroid dienone is 1. The van der Waals surface area contributed by atoms with E-state index in [-0.39, 0.29) is 16.2 Å². The van der Waals surface area contributed by atoms with E-state index in [1.54, 1.807) is 0 Å². The van der Waals surface area contributed by atoms with Gasteiger partial charge in [-0.05, 0) is 182 Å². The quantitative estimate of drug-likeness (QED) is 0.123. The Kier molecular flexibility index (Phi) is 19.5. The summed E-state index contributed by atoms with van der Waals surface area (Å²) in [6, 6.07) is 137. The van der Waals surface area contributed by atoms with Crippen molar-refractivity contribution in [2.75, 3.05) is 0 Å². The first-order chi connectivity index (χ1) is 70.5. The molecule has 29 rings (SSSR count). The van der Waals surface area contributed by atoms with E-state index in [4.69, 9.17) is 43.7 Å². The summed E-state index contributed by atoms with van der Waals surface area (Å²) < 4.78 is 20.6. The van der Waals surface area contributed by atoms with Gasteiger partial charge in [0.1, 0.15) is 16.7 Å². The zero-order chi connectivity index (χ0) is 96.5. The Morgan fingerprint density at radius 2 is 0.764 bits per heavy atom. The van der Waals surface area contributed by atoms with Crippen LogP contribution in [0.15, 0.2) is 422 Å². The van der Waals surface area contributed by atoms with E-state index in [1.165, 1.54) is 116 Å². The van der Waals surface area contributed by atoms with E-state index in [0.717, 1.165) is 133 Å². The average Bonchev–Trinajstić information content (AvgIpc) is 1.53. The first kappa shape index (κ1) is 85.0. The highest BCUT2D eigenvalue weighted by molar-refractivity contribution is 6.25. The molecule has 144 heavy (non-hydrogen) atoms. The molecule has 13 nitrogen and oxygen atoms in total. The molecule has 13 heteroatoms. The Balaban J connectivity index is 0.000000108. The zero-order valence-corrected chi connectivity index (χ0v) is 80.6. The maximum Gasteiger partial charge on any atom is 0.164 e. The van der Waals surface area contributed by atoms with Crippen LogP contribution in [-0.2, 0) is 16.2 Å². The summed E-state index contributed by atoms with van der Waals surface area (Å²) in [5.41, 5.74) is 39.1. The summed E-state index contributed by atoms with van der Waals surface area (Å²) in [4.78, 5) is 39.2. The van der Waals surface area contributed by atoms with Crippen LogP contribution in [0.4, 0.5) is 0 Å². The summed E-state index contributed by atoms with van der Waals surface area (Å²) in [7, 11) is 0. The minimum absolute atomic E-state index is 0.0835. The number of pyridine rings is 2. The van der Waals surface area contributed by atoms with Crippen LogP contribution >= 0.6 is 0 Å². The second kappa shape index (κ2) is 33.0. The average molecular weight is 1850 g/mol. The SMILES string of the molecule is CC1(C)C=Cc2ccc3c(c21)c1ccc2c(c1n3-c1cccc(-c3nc(-c4ccccc4)nc(-c4ccccc4)n3)c1)C(C)(C)c1ccccc1-2.CC1(C)c2ccccc2-c2ccc3c4oc5ccccc5c4n(-c4cccc(-c5nc(-c6ccccc6)nc(-c6ccccc6)n5)c4)c3c21.Cc1c(C)n(-c2ccccc2)c2c1cc(-c1cccc3cc(-c4cccc5cccnc45)ccc13)c1oc3cnccc3c12. The van der Waals surface area contributed by atoms with Gasteiger partial charge < -0.3 is 22.5 Å². The van der Waals surface area contributed by atoms with Gasteiger partial charge in [-0.3, -0.25) is 9.97 Å². The fourth-order valence-electron chi connectivity index (χ4n) is 23.4. The lowest BCUT2D eigenvalue weighted by Gasteiger charge is -2.23. The molecule has 17 aromatic carbocycles. The maximum atomic E-state index is 6.69. The molecule has 9 heterocycles. The summed E-state index contributed by atoms with van der Waals surface area (Å²) in [6.07, 6.45) is 10.2. The Morgan fingerprint density at radius 1 is 0.278 bits per heavy atom. The van der Waals surface area contributed by atoms with Crippen LogP contribution in [0.5, 0.6) is 0 Å². The van der Waals surface area contributed by atoms with Gasteiger partial charge in [0.25, 0.3) is 0 Å². The van der Waals surface area contributed by atoms with E-state index >= 15 is 0 Å². The number of rotatable bonds is 11. The second-order valence-electron chi connectivity index (χ2n) is 39.7. The Labute approximate surface area is 831 Å². The molecule has 0 N–H and O–H groups in total. The fourth-order valence-corrected chi connectivity index (χ4v) is 23.4. The second-order valence-corrected chi connectivity index (χ2v) is 39.7. The highest BCUT2D eigenvalue weighted by atomic mass is 16.3. The van der Waals surface area contributed by atoms with Crippen LogP contribution in [0.2, 0.25) is 0 Å². The van der Waals surface area contributed by atoms with Gasteiger partial charge in [0.05, 0.1) is 39.2 Å². The van der Waals surface area contributed by atoms with Crippen LogP contribution in [-0.4, -0.2) is 53.6 Å².